The number of hydrogen-bond donors (Lipinski definition) is 2. The third-order valence-electron chi connectivity index (χ3n) is 2.98. The third-order valence-corrected chi connectivity index (χ3v) is 3.62. The SMILES string of the molecule is CN(C)c1ccc(NC(=O)c2cccc(Cl)c2N)cc1Cl. The fourth-order valence-electron chi connectivity index (χ4n) is 1.88. The summed E-state index contributed by atoms with van der Waals surface area (Å²) in [6.07, 6.45) is 0. The van der Waals surface area contributed by atoms with E-state index in [4.69, 9.17) is 28.9 Å². The van der Waals surface area contributed by atoms with E-state index in [2.05, 4.69) is 5.32 Å². The van der Waals surface area contributed by atoms with Gasteiger partial charge in [0, 0.05) is 19.8 Å². The molecule has 3 N–H and O–H groups in total. The summed E-state index contributed by atoms with van der Waals surface area (Å²) in [6.45, 7) is 0. The number of para-hydroxylation sites is 1. The normalized spacial score (nSPS) is 10.3. The molecule has 2 aromatic carbocycles. The van der Waals surface area contributed by atoms with E-state index in [9.17, 15) is 4.79 Å². The summed E-state index contributed by atoms with van der Waals surface area (Å²) in [4.78, 5) is 14.1. The van der Waals surface area contributed by atoms with Gasteiger partial charge in [-0.1, -0.05) is 29.3 Å². The Morgan fingerprint density at radius 3 is 2.48 bits per heavy atom. The average Bonchev–Trinajstić information content (AvgIpc) is 2.41. The largest absolute Gasteiger partial charge is 0.397 e. The summed E-state index contributed by atoms with van der Waals surface area (Å²) in [5.41, 5.74) is 7.86. The van der Waals surface area contributed by atoms with Crippen LogP contribution in [-0.2, 0) is 0 Å². The number of amides is 1. The number of benzene rings is 2. The van der Waals surface area contributed by atoms with Gasteiger partial charge in [0.1, 0.15) is 0 Å². The summed E-state index contributed by atoms with van der Waals surface area (Å²) >= 11 is 12.1. The second-order valence-electron chi connectivity index (χ2n) is 4.72. The molecule has 2 rings (SSSR count). The van der Waals surface area contributed by atoms with Crippen molar-refractivity contribution in [2.24, 2.45) is 0 Å². The van der Waals surface area contributed by atoms with Gasteiger partial charge in [-0.15, -0.1) is 0 Å². The van der Waals surface area contributed by atoms with Crippen LogP contribution in [0.5, 0.6) is 0 Å². The van der Waals surface area contributed by atoms with Gasteiger partial charge >= 0.3 is 0 Å². The number of rotatable bonds is 3. The monoisotopic (exact) mass is 323 g/mol. The van der Waals surface area contributed by atoms with E-state index in [1.807, 2.05) is 25.1 Å². The number of nitrogens with zero attached hydrogens (tertiary/aromatic N) is 1. The second kappa shape index (κ2) is 6.24. The molecule has 0 saturated heterocycles. The van der Waals surface area contributed by atoms with E-state index in [0.29, 0.717) is 21.3 Å². The molecular weight excluding hydrogens is 309 g/mol. The van der Waals surface area contributed by atoms with E-state index < -0.39 is 0 Å². The standard InChI is InChI=1S/C15H15Cl2N3O/c1-20(2)13-7-6-9(8-12(13)17)19-15(21)10-4-3-5-11(16)14(10)18/h3-8H,18H2,1-2H3,(H,19,21). The zero-order valence-corrected chi connectivity index (χ0v) is 13.2. The van der Waals surface area contributed by atoms with Crippen LogP contribution in [0.1, 0.15) is 10.4 Å². The summed E-state index contributed by atoms with van der Waals surface area (Å²) in [5.74, 6) is -0.330. The topological polar surface area (TPSA) is 58.4 Å². The van der Waals surface area contributed by atoms with Crippen molar-refractivity contribution in [2.75, 3.05) is 30.0 Å². The van der Waals surface area contributed by atoms with Crippen LogP contribution < -0.4 is 16.0 Å². The Morgan fingerprint density at radius 2 is 1.86 bits per heavy atom. The first-order valence-electron chi connectivity index (χ1n) is 6.22. The van der Waals surface area contributed by atoms with Gasteiger partial charge in [-0.2, -0.15) is 0 Å². The molecule has 0 aliphatic carbocycles. The predicted octanol–water partition coefficient (Wildman–Crippen LogP) is 3.89. The molecule has 0 radical (unpaired) electrons. The highest BCUT2D eigenvalue weighted by Crippen LogP contribution is 2.28. The van der Waals surface area contributed by atoms with Crippen LogP contribution in [0.3, 0.4) is 0 Å². The molecule has 0 aromatic heterocycles. The molecule has 0 atom stereocenters. The van der Waals surface area contributed by atoms with Crippen molar-refractivity contribution in [1.29, 1.82) is 0 Å². The van der Waals surface area contributed by atoms with E-state index in [1.54, 1.807) is 30.3 Å². The first-order chi connectivity index (χ1) is 9.90. The summed E-state index contributed by atoms with van der Waals surface area (Å²) in [6, 6.07) is 10.2. The number of nitrogens with two attached hydrogens (primary N) is 1. The zero-order valence-electron chi connectivity index (χ0n) is 11.7. The van der Waals surface area contributed by atoms with Crippen molar-refractivity contribution in [3.63, 3.8) is 0 Å². The Balaban J connectivity index is 2.24. The fourth-order valence-corrected chi connectivity index (χ4v) is 2.40. The number of hydrogen-bond acceptors (Lipinski definition) is 3. The lowest BCUT2D eigenvalue weighted by molar-refractivity contribution is 0.102. The molecule has 2 aromatic rings. The van der Waals surface area contributed by atoms with Crippen LogP contribution >= 0.6 is 23.2 Å². The minimum absolute atomic E-state index is 0.257. The van der Waals surface area contributed by atoms with Gasteiger partial charge in [-0.25, -0.2) is 0 Å². The minimum Gasteiger partial charge on any atom is -0.397 e. The maximum atomic E-state index is 12.2. The first kappa shape index (κ1) is 15.5. The summed E-state index contributed by atoms with van der Waals surface area (Å²) < 4.78 is 0. The molecule has 0 bridgehead atoms. The number of carbonyl (C=O) groups is 1. The molecule has 0 spiro atoms. The molecular formula is C15H15Cl2N3O. The average molecular weight is 324 g/mol. The fraction of sp³-hybridized carbons (Fsp3) is 0.133. The van der Waals surface area contributed by atoms with Gasteiger partial charge in [-0.3, -0.25) is 4.79 Å². The molecule has 1 amide bonds. The Morgan fingerprint density at radius 1 is 1.14 bits per heavy atom. The third kappa shape index (κ3) is 3.40. The predicted molar refractivity (Wildman–Crippen MR) is 89.6 cm³/mol. The molecule has 110 valence electrons. The Bertz CT molecular complexity index is 687. The minimum atomic E-state index is -0.330. The second-order valence-corrected chi connectivity index (χ2v) is 5.53. The van der Waals surface area contributed by atoms with E-state index in [0.717, 1.165) is 5.69 Å². The Kier molecular flexibility index (Phi) is 4.60. The van der Waals surface area contributed by atoms with Gasteiger partial charge in [-0.05, 0) is 30.3 Å². The van der Waals surface area contributed by atoms with E-state index in [1.165, 1.54) is 0 Å². The van der Waals surface area contributed by atoms with Crippen molar-refractivity contribution < 1.29 is 4.79 Å². The van der Waals surface area contributed by atoms with Crippen LogP contribution in [0.4, 0.5) is 17.1 Å². The highest BCUT2D eigenvalue weighted by molar-refractivity contribution is 6.34. The Labute approximate surface area is 133 Å². The van der Waals surface area contributed by atoms with Crippen molar-refractivity contribution in [2.45, 2.75) is 0 Å². The van der Waals surface area contributed by atoms with Crippen molar-refractivity contribution in [1.82, 2.24) is 0 Å². The molecule has 0 unspecified atom stereocenters. The molecule has 0 saturated carbocycles. The highest BCUT2D eigenvalue weighted by Gasteiger charge is 2.13. The number of nitrogens with one attached hydrogen (secondary N) is 1. The van der Waals surface area contributed by atoms with Gasteiger partial charge in [0.15, 0.2) is 0 Å². The van der Waals surface area contributed by atoms with Gasteiger partial charge < -0.3 is 16.0 Å². The van der Waals surface area contributed by atoms with Gasteiger partial charge in [0.2, 0.25) is 0 Å². The van der Waals surface area contributed by atoms with Crippen LogP contribution in [0, 0.1) is 0 Å². The number of anilines is 3. The van der Waals surface area contributed by atoms with Crippen molar-refractivity contribution in [3.8, 4) is 0 Å². The number of nitrogen functional groups attached to an aromatic ring is 1. The zero-order chi connectivity index (χ0) is 15.6. The molecule has 0 aliphatic rings. The highest BCUT2D eigenvalue weighted by atomic mass is 35.5. The van der Waals surface area contributed by atoms with Crippen molar-refractivity contribution in [3.05, 3.63) is 52.0 Å². The van der Waals surface area contributed by atoms with E-state index in [-0.39, 0.29) is 11.6 Å². The number of carbonyl (C=O) groups excluding carboxylic acids is 1. The van der Waals surface area contributed by atoms with Gasteiger partial charge in [0.25, 0.3) is 5.91 Å². The van der Waals surface area contributed by atoms with Crippen LogP contribution in [0.25, 0.3) is 0 Å². The maximum Gasteiger partial charge on any atom is 0.257 e. The van der Waals surface area contributed by atoms with Crippen LogP contribution in [-0.4, -0.2) is 20.0 Å². The molecule has 4 nitrogen and oxygen atoms in total. The van der Waals surface area contributed by atoms with Crippen molar-refractivity contribution >= 4 is 46.2 Å². The van der Waals surface area contributed by atoms with Crippen LogP contribution in [0.2, 0.25) is 10.0 Å². The first-order valence-corrected chi connectivity index (χ1v) is 6.98. The molecule has 0 fully saturated rings. The smallest absolute Gasteiger partial charge is 0.257 e. The molecule has 0 aliphatic heterocycles. The molecule has 6 heteroatoms. The quantitative estimate of drug-likeness (QED) is 0.842. The number of halogens is 2. The lowest BCUT2D eigenvalue weighted by Gasteiger charge is -2.15. The summed E-state index contributed by atoms with van der Waals surface area (Å²) in [5, 5.41) is 3.66. The molecule has 21 heavy (non-hydrogen) atoms. The summed E-state index contributed by atoms with van der Waals surface area (Å²) in [7, 11) is 3.79. The Hall–Kier alpha value is -1.91. The lowest BCUT2D eigenvalue weighted by Crippen LogP contribution is -2.14. The van der Waals surface area contributed by atoms with Gasteiger partial charge in [0.05, 0.1) is 27.0 Å². The van der Waals surface area contributed by atoms with Crippen LogP contribution in [0.15, 0.2) is 36.4 Å². The van der Waals surface area contributed by atoms with E-state index >= 15 is 0 Å². The lowest BCUT2D eigenvalue weighted by atomic mass is 10.1. The maximum absolute atomic E-state index is 12.2. The molecule has 0 heterocycles.